The molecule has 6 nitrogen and oxygen atoms in total. The molecule has 0 unspecified atom stereocenters. The number of amides is 1. The van der Waals surface area contributed by atoms with E-state index in [9.17, 15) is 18.0 Å². The number of nitrogens with zero attached hydrogens (tertiary/aromatic N) is 4. The minimum atomic E-state index is -4.61. The van der Waals surface area contributed by atoms with Crippen molar-refractivity contribution in [2.75, 3.05) is 26.2 Å². The average Bonchev–Trinajstić information content (AvgIpc) is 2.91. The number of fused-ring (bicyclic) bond motifs is 1. The van der Waals surface area contributed by atoms with Gasteiger partial charge in [-0.25, -0.2) is 0 Å². The van der Waals surface area contributed by atoms with E-state index in [2.05, 4.69) is 15.5 Å². The van der Waals surface area contributed by atoms with Gasteiger partial charge in [0.05, 0.1) is 5.56 Å². The van der Waals surface area contributed by atoms with Crippen molar-refractivity contribution in [3.05, 3.63) is 29.7 Å². The van der Waals surface area contributed by atoms with Crippen LogP contribution >= 0.6 is 0 Å². The normalized spacial score (nSPS) is 16.4. The first-order chi connectivity index (χ1) is 9.98. The highest BCUT2D eigenvalue weighted by molar-refractivity contribution is 5.99. The number of hydrogen-bond donors (Lipinski definition) is 1. The van der Waals surface area contributed by atoms with Crippen molar-refractivity contribution in [1.29, 1.82) is 0 Å². The SMILES string of the molecule is O=C(c1cccn2c(C(F)(F)F)nnc12)N1CCNCC1. The number of hydrogen-bond acceptors (Lipinski definition) is 4. The summed E-state index contributed by atoms with van der Waals surface area (Å²) in [5, 5.41) is 9.80. The van der Waals surface area contributed by atoms with Crippen LogP contribution in [0.15, 0.2) is 18.3 Å². The van der Waals surface area contributed by atoms with Crippen LogP contribution in [0.2, 0.25) is 0 Å². The van der Waals surface area contributed by atoms with E-state index in [1.807, 2.05) is 0 Å². The molecule has 112 valence electrons. The Kier molecular flexibility index (Phi) is 3.28. The summed E-state index contributed by atoms with van der Waals surface area (Å²) in [6, 6.07) is 2.86. The number of rotatable bonds is 1. The average molecular weight is 299 g/mol. The summed E-state index contributed by atoms with van der Waals surface area (Å²) in [6.07, 6.45) is -3.41. The topological polar surface area (TPSA) is 62.5 Å². The molecule has 3 heterocycles. The van der Waals surface area contributed by atoms with Crippen LogP contribution in [0.1, 0.15) is 16.2 Å². The lowest BCUT2D eigenvalue weighted by molar-refractivity contribution is -0.145. The molecule has 21 heavy (non-hydrogen) atoms. The lowest BCUT2D eigenvalue weighted by Gasteiger charge is -2.27. The maximum absolute atomic E-state index is 12.8. The quantitative estimate of drug-likeness (QED) is 0.846. The number of nitrogens with one attached hydrogen (secondary N) is 1. The first-order valence-electron chi connectivity index (χ1n) is 6.39. The van der Waals surface area contributed by atoms with E-state index in [1.165, 1.54) is 18.3 Å². The van der Waals surface area contributed by atoms with E-state index in [1.54, 1.807) is 4.90 Å². The number of pyridine rings is 1. The Labute approximate surface area is 117 Å². The molecule has 1 fully saturated rings. The van der Waals surface area contributed by atoms with E-state index in [4.69, 9.17) is 0 Å². The Balaban J connectivity index is 2.03. The molecule has 1 amide bonds. The van der Waals surface area contributed by atoms with Gasteiger partial charge in [0.25, 0.3) is 5.91 Å². The molecule has 0 spiro atoms. The van der Waals surface area contributed by atoms with Crippen molar-refractivity contribution in [2.45, 2.75) is 6.18 Å². The lowest BCUT2D eigenvalue weighted by Crippen LogP contribution is -2.46. The number of carbonyl (C=O) groups excluding carboxylic acids is 1. The zero-order valence-electron chi connectivity index (χ0n) is 10.9. The molecule has 2 aromatic heterocycles. The van der Waals surface area contributed by atoms with Gasteiger partial charge in [0.2, 0.25) is 5.82 Å². The van der Waals surface area contributed by atoms with Gasteiger partial charge >= 0.3 is 6.18 Å². The second kappa shape index (κ2) is 4.99. The van der Waals surface area contributed by atoms with Gasteiger partial charge in [0, 0.05) is 32.4 Å². The van der Waals surface area contributed by atoms with Crippen LogP contribution in [0, 0.1) is 0 Å². The third-order valence-corrected chi connectivity index (χ3v) is 3.32. The van der Waals surface area contributed by atoms with Gasteiger partial charge in [0.1, 0.15) is 0 Å². The Hall–Kier alpha value is -2.16. The number of alkyl halides is 3. The van der Waals surface area contributed by atoms with Crippen molar-refractivity contribution in [3.8, 4) is 0 Å². The first kappa shape index (κ1) is 13.8. The van der Waals surface area contributed by atoms with Crippen molar-refractivity contribution >= 4 is 11.6 Å². The van der Waals surface area contributed by atoms with Crippen LogP contribution in [0.3, 0.4) is 0 Å². The number of aromatic nitrogens is 3. The summed E-state index contributed by atoms with van der Waals surface area (Å²) in [7, 11) is 0. The summed E-state index contributed by atoms with van der Waals surface area (Å²) in [5.74, 6) is -1.46. The van der Waals surface area contributed by atoms with E-state index in [0.29, 0.717) is 26.2 Å². The van der Waals surface area contributed by atoms with E-state index >= 15 is 0 Å². The van der Waals surface area contributed by atoms with Crippen molar-refractivity contribution in [1.82, 2.24) is 24.8 Å². The smallest absolute Gasteiger partial charge is 0.336 e. The molecule has 2 aromatic rings. The summed E-state index contributed by atoms with van der Waals surface area (Å²) < 4.78 is 39.2. The fourth-order valence-corrected chi connectivity index (χ4v) is 2.31. The second-order valence-electron chi connectivity index (χ2n) is 4.68. The number of halogens is 3. The molecule has 3 rings (SSSR count). The van der Waals surface area contributed by atoms with Crippen LogP contribution in [-0.4, -0.2) is 51.6 Å². The molecule has 0 radical (unpaired) electrons. The molecule has 0 saturated carbocycles. The molecule has 0 atom stereocenters. The Morgan fingerprint density at radius 3 is 2.62 bits per heavy atom. The van der Waals surface area contributed by atoms with E-state index in [-0.39, 0.29) is 17.1 Å². The van der Waals surface area contributed by atoms with Gasteiger partial charge in [0.15, 0.2) is 5.65 Å². The monoisotopic (exact) mass is 299 g/mol. The van der Waals surface area contributed by atoms with Gasteiger partial charge in [-0.3, -0.25) is 9.20 Å². The third-order valence-electron chi connectivity index (χ3n) is 3.32. The Morgan fingerprint density at radius 1 is 1.24 bits per heavy atom. The van der Waals surface area contributed by atoms with Crippen LogP contribution in [0.5, 0.6) is 0 Å². The minimum Gasteiger partial charge on any atom is -0.336 e. The van der Waals surface area contributed by atoms with Gasteiger partial charge in [-0.1, -0.05) is 0 Å². The van der Waals surface area contributed by atoms with Crippen molar-refractivity contribution < 1.29 is 18.0 Å². The molecule has 9 heteroatoms. The van der Waals surface area contributed by atoms with Gasteiger partial charge in [-0.15, -0.1) is 10.2 Å². The second-order valence-corrected chi connectivity index (χ2v) is 4.68. The largest absolute Gasteiger partial charge is 0.452 e. The first-order valence-corrected chi connectivity index (χ1v) is 6.39. The van der Waals surface area contributed by atoms with E-state index in [0.717, 1.165) is 4.40 Å². The molecular weight excluding hydrogens is 287 g/mol. The molecule has 1 aliphatic rings. The maximum Gasteiger partial charge on any atom is 0.452 e. The Bertz CT molecular complexity index is 675. The summed E-state index contributed by atoms with van der Waals surface area (Å²) in [5.41, 5.74) is 0.0516. The number of piperazine rings is 1. The van der Waals surface area contributed by atoms with Gasteiger partial charge in [-0.05, 0) is 12.1 Å². The number of carbonyl (C=O) groups is 1. The molecule has 1 N–H and O–H groups in total. The summed E-state index contributed by atoms with van der Waals surface area (Å²) in [4.78, 5) is 14.0. The van der Waals surface area contributed by atoms with Crippen LogP contribution < -0.4 is 5.32 Å². The van der Waals surface area contributed by atoms with Crippen molar-refractivity contribution in [3.63, 3.8) is 0 Å². The van der Waals surface area contributed by atoms with E-state index < -0.39 is 12.0 Å². The zero-order chi connectivity index (χ0) is 15.0. The Morgan fingerprint density at radius 2 is 1.95 bits per heavy atom. The molecule has 0 bridgehead atoms. The molecular formula is C12H12F3N5O. The third kappa shape index (κ3) is 2.44. The summed E-state index contributed by atoms with van der Waals surface area (Å²) in [6.45, 7) is 2.35. The molecule has 0 aromatic carbocycles. The zero-order valence-corrected chi connectivity index (χ0v) is 10.9. The van der Waals surface area contributed by atoms with Gasteiger partial charge in [-0.2, -0.15) is 13.2 Å². The standard InChI is InChI=1S/C12H12F3N5O/c13-12(14,15)11-18-17-9-8(2-1-5-20(9)11)10(21)19-6-3-16-4-7-19/h1-2,5,16H,3-4,6-7H2. The van der Waals surface area contributed by atoms with Crippen LogP contribution in [0.4, 0.5) is 13.2 Å². The maximum atomic E-state index is 12.8. The summed E-state index contributed by atoms with van der Waals surface area (Å²) >= 11 is 0. The highest BCUT2D eigenvalue weighted by Crippen LogP contribution is 2.28. The highest BCUT2D eigenvalue weighted by atomic mass is 19.4. The predicted molar refractivity (Wildman–Crippen MR) is 66.8 cm³/mol. The predicted octanol–water partition coefficient (Wildman–Crippen LogP) is 0.793. The molecule has 1 aliphatic heterocycles. The lowest BCUT2D eigenvalue weighted by atomic mass is 10.2. The molecule has 0 aliphatic carbocycles. The minimum absolute atomic E-state index is 0.0756. The van der Waals surface area contributed by atoms with Crippen molar-refractivity contribution in [2.24, 2.45) is 0 Å². The molecule has 1 saturated heterocycles. The van der Waals surface area contributed by atoms with Crippen LogP contribution in [0.25, 0.3) is 5.65 Å². The highest BCUT2D eigenvalue weighted by Gasteiger charge is 2.37. The fourth-order valence-electron chi connectivity index (χ4n) is 2.31. The fraction of sp³-hybridized carbons (Fsp3) is 0.417. The van der Waals surface area contributed by atoms with Gasteiger partial charge < -0.3 is 10.2 Å². The van der Waals surface area contributed by atoms with Crippen LogP contribution in [-0.2, 0) is 6.18 Å².